The van der Waals surface area contributed by atoms with Crippen LogP contribution in [0.15, 0.2) is 18.2 Å². The molecule has 0 saturated carbocycles. The number of rotatable bonds is 3. The zero-order valence-corrected chi connectivity index (χ0v) is 12.6. The minimum Gasteiger partial charge on any atom is -0.375 e. The molecule has 0 aromatic heterocycles. The van der Waals surface area contributed by atoms with Gasteiger partial charge in [-0.2, -0.15) is 0 Å². The highest BCUT2D eigenvalue weighted by molar-refractivity contribution is 5.32. The van der Waals surface area contributed by atoms with Crippen LogP contribution in [0.3, 0.4) is 0 Å². The summed E-state index contributed by atoms with van der Waals surface area (Å²) in [5, 5.41) is 0. The Hall–Kier alpha value is -0.900. The highest BCUT2D eigenvalue weighted by atomic mass is 16.5. The smallest absolute Gasteiger partial charge is 0.0601 e. The topological polar surface area (TPSA) is 47.3 Å². The molecule has 1 saturated heterocycles. The van der Waals surface area contributed by atoms with Gasteiger partial charge in [0.1, 0.15) is 0 Å². The largest absolute Gasteiger partial charge is 0.375 e. The van der Waals surface area contributed by atoms with E-state index in [2.05, 4.69) is 58.2 Å². The van der Waals surface area contributed by atoms with E-state index in [0.717, 1.165) is 0 Å². The van der Waals surface area contributed by atoms with Crippen LogP contribution in [0.1, 0.15) is 43.5 Å². The fourth-order valence-corrected chi connectivity index (χ4v) is 3.26. The molecule has 0 amide bonds. The molecule has 0 radical (unpaired) electrons. The van der Waals surface area contributed by atoms with E-state index < -0.39 is 0 Å². The third-order valence-electron chi connectivity index (χ3n) is 4.77. The van der Waals surface area contributed by atoms with Crippen molar-refractivity contribution >= 4 is 0 Å². The molecule has 1 aliphatic rings. The average molecular weight is 262 g/mol. The SMILES string of the molecule is Cc1ccc(C(NN)C2C(C)OC(C)C2C)cc1C. The van der Waals surface area contributed by atoms with Crippen LogP contribution in [0.2, 0.25) is 0 Å². The molecular weight excluding hydrogens is 236 g/mol. The number of hydrogen-bond acceptors (Lipinski definition) is 3. The first-order chi connectivity index (χ1) is 8.95. The molecule has 1 heterocycles. The van der Waals surface area contributed by atoms with Gasteiger partial charge in [-0.15, -0.1) is 0 Å². The van der Waals surface area contributed by atoms with Crippen LogP contribution in [-0.4, -0.2) is 12.2 Å². The Morgan fingerprint density at radius 1 is 1.11 bits per heavy atom. The number of benzene rings is 1. The van der Waals surface area contributed by atoms with Crippen molar-refractivity contribution in [2.75, 3.05) is 0 Å². The van der Waals surface area contributed by atoms with Crippen LogP contribution < -0.4 is 11.3 Å². The summed E-state index contributed by atoms with van der Waals surface area (Å²) in [4.78, 5) is 0. The zero-order chi connectivity index (χ0) is 14.2. The Balaban J connectivity index is 2.31. The van der Waals surface area contributed by atoms with Gasteiger partial charge in [-0.3, -0.25) is 11.3 Å². The Morgan fingerprint density at radius 3 is 2.26 bits per heavy atom. The summed E-state index contributed by atoms with van der Waals surface area (Å²) in [6.45, 7) is 10.8. The van der Waals surface area contributed by atoms with Crippen molar-refractivity contribution in [3.8, 4) is 0 Å². The molecular formula is C16H26N2O. The van der Waals surface area contributed by atoms with Crippen molar-refractivity contribution in [2.24, 2.45) is 17.7 Å². The Morgan fingerprint density at radius 2 is 1.79 bits per heavy atom. The first kappa shape index (κ1) is 14.5. The molecule has 0 spiro atoms. The van der Waals surface area contributed by atoms with E-state index in [9.17, 15) is 0 Å². The maximum absolute atomic E-state index is 5.95. The summed E-state index contributed by atoms with van der Waals surface area (Å²) in [6, 6.07) is 6.73. The lowest BCUT2D eigenvalue weighted by Gasteiger charge is -2.29. The van der Waals surface area contributed by atoms with E-state index in [0.29, 0.717) is 17.9 Å². The van der Waals surface area contributed by atoms with Gasteiger partial charge in [-0.05, 0) is 50.3 Å². The van der Waals surface area contributed by atoms with Gasteiger partial charge >= 0.3 is 0 Å². The lowest BCUT2D eigenvalue weighted by molar-refractivity contribution is 0.0475. The van der Waals surface area contributed by atoms with Crippen LogP contribution in [0.5, 0.6) is 0 Å². The van der Waals surface area contributed by atoms with Gasteiger partial charge in [-0.1, -0.05) is 25.1 Å². The van der Waals surface area contributed by atoms with Gasteiger partial charge in [0, 0.05) is 5.92 Å². The van der Waals surface area contributed by atoms with Gasteiger partial charge < -0.3 is 4.74 Å². The lowest BCUT2D eigenvalue weighted by Crippen LogP contribution is -2.38. The quantitative estimate of drug-likeness (QED) is 0.650. The third kappa shape index (κ3) is 2.69. The Bertz CT molecular complexity index is 446. The minimum atomic E-state index is 0.147. The second-order valence-corrected chi connectivity index (χ2v) is 5.97. The predicted molar refractivity (Wildman–Crippen MR) is 78.6 cm³/mol. The van der Waals surface area contributed by atoms with E-state index >= 15 is 0 Å². The molecule has 5 atom stereocenters. The second-order valence-electron chi connectivity index (χ2n) is 5.97. The van der Waals surface area contributed by atoms with Crippen LogP contribution in [-0.2, 0) is 4.74 Å². The molecule has 1 aromatic carbocycles. The molecule has 3 heteroatoms. The number of hydrazine groups is 1. The number of nitrogens with one attached hydrogen (secondary N) is 1. The van der Waals surface area contributed by atoms with Gasteiger partial charge in [0.2, 0.25) is 0 Å². The van der Waals surface area contributed by atoms with Gasteiger partial charge in [0.15, 0.2) is 0 Å². The number of nitrogens with two attached hydrogens (primary N) is 1. The van der Waals surface area contributed by atoms with Gasteiger partial charge in [-0.25, -0.2) is 0 Å². The molecule has 3 N–H and O–H groups in total. The van der Waals surface area contributed by atoms with Crippen molar-refractivity contribution in [3.63, 3.8) is 0 Å². The molecule has 106 valence electrons. The van der Waals surface area contributed by atoms with E-state index in [4.69, 9.17) is 10.6 Å². The van der Waals surface area contributed by atoms with Crippen LogP contribution in [0.4, 0.5) is 0 Å². The summed E-state index contributed by atoms with van der Waals surface area (Å²) in [5.41, 5.74) is 6.89. The average Bonchev–Trinajstić information content (AvgIpc) is 2.61. The molecule has 1 aromatic rings. The molecule has 5 unspecified atom stereocenters. The van der Waals surface area contributed by atoms with Gasteiger partial charge in [0.25, 0.3) is 0 Å². The summed E-state index contributed by atoms with van der Waals surface area (Å²) >= 11 is 0. The number of ether oxygens (including phenoxy) is 1. The predicted octanol–water partition coefficient (Wildman–Crippen LogP) is 2.87. The molecule has 1 fully saturated rings. The number of aryl methyl sites for hydroxylation is 2. The summed E-state index contributed by atoms with van der Waals surface area (Å²) in [7, 11) is 0. The van der Waals surface area contributed by atoms with E-state index in [-0.39, 0.29) is 12.1 Å². The number of hydrogen-bond donors (Lipinski definition) is 2. The van der Waals surface area contributed by atoms with Crippen molar-refractivity contribution < 1.29 is 4.74 Å². The van der Waals surface area contributed by atoms with Crippen LogP contribution >= 0.6 is 0 Å². The Labute approximate surface area is 116 Å². The molecule has 2 rings (SSSR count). The van der Waals surface area contributed by atoms with Crippen LogP contribution in [0, 0.1) is 25.7 Å². The highest BCUT2D eigenvalue weighted by Gasteiger charge is 2.41. The molecule has 19 heavy (non-hydrogen) atoms. The summed E-state index contributed by atoms with van der Waals surface area (Å²) < 4.78 is 5.95. The van der Waals surface area contributed by atoms with Crippen molar-refractivity contribution in [1.82, 2.24) is 5.43 Å². The Kier molecular flexibility index (Phi) is 4.29. The van der Waals surface area contributed by atoms with Crippen LogP contribution in [0.25, 0.3) is 0 Å². The second kappa shape index (κ2) is 5.61. The fourth-order valence-electron chi connectivity index (χ4n) is 3.26. The monoisotopic (exact) mass is 262 g/mol. The minimum absolute atomic E-state index is 0.147. The fraction of sp³-hybridized carbons (Fsp3) is 0.625. The lowest BCUT2D eigenvalue weighted by atomic mass is 9.80. The van der Waals surface area contributed by atoms with Crippen molar-refractivity contribution in [3.05, 3.63) is 34.9 Å². The van der Waals surface area contributed by atoms with E-state index in [1.54, 1.807) is 0 Å². The summed E-state index contributed by atoms with van der Waals surface area (Å²) in [5.74, 6) is 6.74. The molecule has 0 aliphatic carbocycles. The molecule has 3 nitrogen and oxygen atoms in total. The highest BCUT2D eigenvalue weighted by Crippen LogP contribution is 2.40. The normalized spacial score (nSPS) is 32.5. The van der Waals surface area contributed by atoms with Gasteiger partial charge in [0.05, 0.1) is 18.2 Å². The van der Waals surface area contributed by atoms with Crippen molar-refractivity contribution in [1.29, 1.82) is 0 Å². The maximum Gasteiger partial charge on any atom is 0.0601 e. The first-order valence-electron chi connectivity index (χ1n) is 7.14. The first-order valence-corrected chi connectivity index (χ1v) is 7.14. The van der Waals surface area contributed by atoms with Crippen molar-refractivity contribution in [2.45, 2.75) is 52.9 Å². The molecule has 1 aliphatic heterocycles. The zero-order valence-electron chi connectivity index (χ0n) is 12.6. The van der Waals surface area contributed by atoms with E-state index in [1.807, 2.05) is 0 Å². The summed E-state index contributed by atoms with van der Waals surface area (Å²) in [6.07, 6.45) is 0.523. The van der Waals surface area contributed by atoms with E-state index in [1.165, 1.54) is 16.7 Å². The standard InChI is InChI=1S/C16H26N2O/c1-9-6-7-14(8-10(9)2)16(18-17)15-11(3)12(4)19-13(15)5/h6-8,11-13,15-16,18H,17H2,1-5H3. The maximum atomic E-state index is 5.95. The third-order valence-corrected chi connectivity index (χ3v) is 4.77. The molecule has 0 bridgehead atoms.